The molecule has 1 heterocycles. The molecule has 0 aliphatic carbocycles. The van der Waals surface area contributed by atoms with Gasteiger partial charge >= 0.3 is 6.18 Å². The molecule has 0 radical (unpaired) electrons. The monoisotopic (exact) mass is 265 g/mol. The minimum Gasteiger partial charge on any atom is -0.384 e. The van der Waals surface area contributed by atoms with Crippen molar-refractivity contribution in [3.8, 4) is 0 Å². The number of aliphatic hydroxyl groups is 1. The van der Waals surface area contributed by atoms with E-state index in [1.165, 1.54) is 12.1 Å². The average molecular weight is 266 g/mol. The van der Waals surface area contributed by atoms with E-state index in [0.717, 1.165) is 6.07 Å². The largest absolute Gasteiger partial charge is 0.417 e. The third-order valence-corrected chi connectivity index (χ3v) is 3.27. The Morgan fingerprint density at radius 1 is 1.35 bits per heavy atom. The molecule has 1 unspecified atom stereocenters. The van der Waals surface area contributed by atoms with E-state index in [4.69, 9.17) is 11.6 Å². The summed E-state index contributed by atoms with van der Waals surface area (Å²) in [5.41, 5.74) is -1.89. The molecule has 17 heavy (non-hydrogen) atoms. The number of halogens is 4. The molecule has 0 spiro atoms. The normalized spacial score (nSPS) is 25.2. The van der Waals surface area contributed by atoms with E-state index in [-0.39, 0.29) is 17.1 Å². The molecule has 2 rings (SSSR count). The highest BCUT2D eigenvalue weighted by Crippen LogP contribution is 2.38. The van der Waals surface area contributed by atoms with Gasteiger partial charge in [-0.1, -0.05) is 17.7 Å². The number of benzene rings is 1. The van der Waals surface area contributed by atoms with E-state index in [9.17, 15) is 18.3 Å². The summed E-state index contributed by atoms with van der Waals surface area (Å²) in [6.07, 6.45) is -4.11. The van der Waals surface area contributed by atoms with E-state index in [1.807, 2.05) is 0 Å². The van der Waals surface area contributed by atoms with Gasteiger partial charge in [0.2, 0.25) is 0 Å². The van der Waals surface area contributed by atoms with E-state index in [2.05, 4.69) is 5.32 Å². The first-order valence-corrected chi connectivity index (χ1v) is 5.51. The van der Waals surface area contributed by atoms with Crippen LogP contribution in [-0.4, -0.2) is 18.2 Å². The predicted molar refractivity (Wildman–Crippen MR) is 57.8 cm³/mol. The van der Waals surface area contributed by atoms with Crippen molar-refractivity contribution in [2.24, 2.45) is 0 Å². The maximum atomic E-state index is 12.7. The van der Waals surface area contributed by atoms with Crippen LogP contribution >= 0.6 is 11.6 Å². The zero-order chi connectivity index (χ0) is 12.7. The molecule has 0 bridgehead atoms. The third kappa shape index (κ3) is 2.41. The average Bonchev–Trinajstić information content (AvgIpc) is 2.65. The van der Waals surface area contributed by atoms with Crippen LogP contribution in [0.4, 0.5) is 13.2 Å². The van der Waals surface area contributed by atoms with Crippen molar-refractivity contribution in [2.45, 2.75) is 18.2 Å². The molecule has 1 aromatic rings. The molecule has 6 heteroatoms. The van der Waals surface area contributed by atoms with Gasteiger partial charge in [-0.25, -0.2) is 0 Å². The van der Waals surface area contributed by atoms with Crippen LogP contribution in [0.3, 0.4) is 0 Å². The Hall–Kier alpha value is -0.780. The van der Waals surface area contributed by atoms with Gasteiger partial charge in [0.15, 0.2) is 0 Å². The summed E-state index contributed by atoms with van der Waals surface area (Å²) in [5, 5.41) is 12.7. The van der Waals surface area contributed by atoms with Crippen molar-refractivity contribution in [3.05, 3.63) is 34.3 Å². The zero-order valence-corrected chi connectivity index (χ0v) is 9.57. The van der Waals surface area contributed by atoms with Crippen LogP contribution in [-0.2, 0) is 11.8 Å². The van der Waals surface area contributed by atoms with Crippen LogP contribution in [0, 0.1) is 0 Å². The minimum atomic E-state index is -4.50. The lowest BCUT2D eigenvalue weighted by Gasteiger charge is -2.23. The van der Waals surface area contributed by atoms with Gasteiger partial charge in [-0.15, -0.1) is 0 Å². The van der Waals surface area contributed by atoms with Crippen molar-refractivity contribution in [1.29, 1.82) is 0 Å². The van der Waals surface area contributed by atoms with Crippen molar-refractivity contribution in [2.75, 3.05) is 13.1 Å². The van der Waals surface area contributed by atoms with Crippen LogP contribution < -0.4 is 5.32 Å². The molecule has 0 aromatic heterocycles. The van der Waals surface area contributed by atoms with E-state index in [1.54, 1.807) is 0 Å². The van der Waals surface area contributed by atoms with Crippen molar-refractivity contribution in [1.82, 2.24) is 5.32 Å². The Morgan fingerprint density at radius 3 is 2.59 bits per heavy atom. The first kappa shape index (κ1) is 12.7. The van der Waals surface area contributed by atoms with Crippen LogP contribution in [0.2, 0.25) is 5.02 Å². The molecule has 1 atom stereocenters. The van der Waals surface area contributed by atoms with Gasteiger partial charge in [-0.05, 0) is 30.7 Å². The maximum Gasteiger partial charge on any atom is 0.417 e. The van der Waals surface area contributed by atoms with Gasteiger partial charge in [-0.3, -0.25) is 0 Å². The lowest BCUT2D eigenvalue weighted by Crippen LogP contribution is -2.28. The molecule has 1 aliphatic rings. The second kappa shape index (κ2) is 4.15. The summed E-state index contributed by atoms with van der Waals surface area (Å²) in [6, 6.07) is 3.54. The lowest BCUT2D eigenvalue weighted by atomic mass is 9.91. The molecule has 1 saturated heterocycles. The molecule has 0 saturated carbocycles. The number of alkyl halides is 3. The fourth-order valence-corrected chi connectivity index (χ4v) is 2.18. The predicted octanol–water partition coefficient (Wildman–Crippen LogP) is 2.54. The molecule has 2 nitrogen and oxygen atoms in total. The van der Waals surface area contributed by atoms with Gasteiger partial charge in [0.05, 0.1) is 10.6 Å². The SMILES string of the molecule is OC1(c2ccc(Cl)c(C(F)(F)F)c2)CCNC1. The molecular formula is C11H11ClF3NO. The quantitative estimate of drug-likeness (QED) is 0.818. The summed E-state index contributed by atoms with van der Waals surface area (Å²) in [6.45, 7) is 0.840. The summed E-state index contributed by atoms with van der Waals surface area (Å²) < 4.78 is 38.0. The number of nitrogens with one attached hydrogen (secondary N) is 1. The third-order valence-electron chi connectivity index (χ3n) is 2.94. The van der Waals surface area contributed by atoms with Gasteiger partial charge in [0, 0.05) is 6.54 Å². The molecule has 2 N–H and O–H groups in total. The lowest BCUT2D eigenvalue weighted by molar-refractivity contribution is -0.137. The molecule has 0 amide bonds. The maximum absolute atomic E-state index is 12.7. The highest BCUT2D eigenvalue weighted by Gasteiger charge is 2.38. The second-order valence-corrected chi connectivity index (χ2v) is 4.56. The first-order valence-electron chi connectivity index (χ1n) is 5.13. The highest BCUT2D eigenvalue weighted by atomic mass is 35.5. The standard InChI is InChI=1S/C11H11ClF3NO/c12-9-2-1-7(5-8(9)11(13,14)15)10(17)3-4-16-6-10/h1-2,5,16-17H,3-4,6H2. The molecule has 1 aliphatic heterocycles. The van der Waals surface area contributed by atoms with Gasteiger partial charge in [-0.2, -0.15) is 13.2 Å². The Balaban J connectivity index is 2.44. The number of β-amino-alcohol motifs (C(OH)–C–C–N with tert-alkyl or cyclic N) is 1. The molecular weight excluding hydrogens is 255 g/mol. The van der Waals surface area contributed by atoms with Crippen LogP contribution in [0.25, 0.3) is 0 Å². The van der Waals surface area contributed by atoms with Crippen molar-refractivity contribution in [3.63, 3.8) is 0 Å². The van der Waals surface area contributed by atoms with Crippen LogP contribution in [0.1, 0.15) is 17.5 Å². The molecule has 1 aromatic carbocycles. The van der Waals surface area contributed by atoms with Crippen molar-refractivity contribution >= 4 is 11.6 Å². The summed E-state index contributed by atoms with van der Waals surface area (Å²) in [7, 11) is 0. The Kier molecular flexibility index (Phi) is 3.10. The second-order valence-electron chi connectivity index (χ2n) is 4.15. The Labute approximate surface area is 101 Å². The number of hydrogen-bond donors (Lipinski definition) is 2. The van der Waals surface area contributed by atoms with E-state index in [0.29, 0.717) is 13.0 Å². The number of rotatable bonds is 1. The van der Waals surface area contributed by atoms with Gasteiger partial charge < -0.3 is 10.4 Å². The first-order chi connectivity index (χ1) is 7.83. The summed E-state index contributed by atoms with van der Waals surface area (Å²) in [4.78, 5) is 0. The number of hydrogen-bond acceptors (Lipinski definition) is 2. The van der Waals surface area contributed by atoms with Gasteiger partial charge in [0.1, 0.15) is 5.60 Å². The Morgan fingerprint density at radius 2 is 2.06 bits per heavy atom. The zero-order valence-electron chi connectivity index (χ0n) is 8.81. The molecule has 94 valence electrons. The fraction of sp³-hybridized carbons (Fsp3) is 0.455. The highest BCUT2D eigenvalue weighted by molar-refractivity contribution is 6.31. The van der Waals surface area contributed by atoms with Crippen LogP contribution in [0.5, 0.6) is 0 Å². The molecule has 1 fully saturated rings. The minimum absolute atomic E-state index is 0.249. The summed E-state index contributed by atoms with van der Waals surface area (Å²) >= 11 is 5.52. The summed E-state index contributed by atoms with van der Waals surface area (Å²) in [5.74, 6) is 0. The van der Waals surface area contributed by atoms with Crippen LogP contribution in [0.15, 0.2) is 18.2 Å². The van der Waals surface area contributed by atoms with Crippen molar-refractivity contribution < 1.29 is 18.3 Å². The fourth-order valence-electron chi connectivity index (χ4n) is 1.96. The smallest absolute Gasteiger partial charge is 0.384 e. The van der Waals surface area contributed by atoms with E-state index >= 15 is 0 Å². The van der Waals surface area contributed by atoms with Gasteiger partial charge in [0.25, 0.3) is 0 Å². The topological polar surface area (TPSA) is 32.3 Å². The van der Waals surface area contributed by atoms with E-state index < -0.39 is 17.3 Å². The Bertz CT molecular complexity index is 427.